The minimum absolute atomic E-state index is 0.0960. The molecule has 1 aromatic rings. The average molecular weight is 277 g/mol. The van der Waals surface area contributed by atoms with Gasteiger partial charge in [0.1, 0.15) is 5.75 Å². The minimum atomic E-state index is -4.19. The lowest BCUT2D eigenvalue weighted by Gasteiger charge is -2.10. The molecular weight excluding hydrogens is 263 g/mol. The number of nitrogens with two attached hydrogens (primary N) is 1. The number of hydrogen-bond acceptors (Lipinski definition) is 4. The standard InChI is InChI=1S/C12H14F3NO3/c1-18-11(17)8-3-4-10(9(16)7-8)19-6-2-5-12(13,14)15/h3-4,7H,2,5-6,16H2,1H3. The number of carbonyl (C=O) groups is 1. The molecule has 0 spiro atoms. The summed E-state index contributed by atoms with van der Waals surface area (Å²) in [5.74, 6) is -0.301. The van der Waals surface area contributed by atoms with Gasteiger partial charge in [-0.05, 0) is 24.6 Å². The Morgan fingerprint density at radius 3 is 2.58 bits per heavy atom. The van der Waals surface area contributed by atoms with E-state index in [-0.39, 0.29) is 30.0 Å². The molecule has 0 unspecified atom stereocenters. The van der Waals surface area contributed by atoms with E-state index in [0.717, 1.165) is 0 Å². The van der Waals surface area contributed by atoms with Crippen molar-refractivity contribution in [3.63, 3.8) is 0 Å². The number of halogens is 3. The lowest BCUT2D eigenvalue weighted by atomic mass is 10.2. The number of benzene rings is 1. The van der Waals surface area contributed by atoms with E-state index in [0.29, 0.717) is 0 Å². The summed E-state index contributed by atoms with van der Waals surface area (Å²) in [6.45, 7) is -0.0960. The molecule has 4 nitrogen and oxygen atoms in total. The maximum Gasteiger partial charge on any atom is 0.389 e. The Labute approximate surface area is 108 Å². The first-order valence-electron chi connectivity index (χ1n) is 5.51. The van der Waals surface area contributed by atoms with Gasteiger partial charge < -0.3 is 15.2 Å². The van der Waals surface area contributed by atoms with Crippen LogP contribution >= 0.6 is 0 Å². The number of anilines is 1. The van der Waals surface area contributed by atoms with Crippen LogP contribution in [-0.4, -0.2) is 25.9 Å². The SMILES string of the molecule is COC(=O)c1ccc(OCCCC(F)(F)F)c(N)c1. The fourth-order valence-electron chi connectivity index (χ4n) is 1.38. The number of rotatable bonds is 5. The van der Waals surface area contributed by atoms with Gasteiger partial charge >= 0.3 is 12.1 Å². The van der Waals surface area contributed by atoms with E-state index in [1.807, 2.05) is 0 Å². The van der Waals surface area contributed by atoms with Crippen molar-refractivity contribution in [3.05, 3.63) is 23.8 Å². The van der Waals surface area contributed by atoms with Crippen LogP contribution in [0.1, 0.15) is 23.2 Å². The number of ether oxygens (including phenoxy) is 2. The molecule has 0 saturated carbocycles. The molecule has 0 aliphatic carbocycles. The Kier molecular flexibility index (Phi) is 5.02. The average Bonchev–Trinajstić information content (AvgIpc) is 2.33. The van der Waals surface area contributed by atoms with E-state index in [4.69, 9.17) is 10.5 Å². The maximum atomic E-state index is 11.9. The highest BCUT2D eigenvalue weighted by Crippen LogP contribution is 2.25. The van der Waals surface area contributed by atoms with Gasteiger partial charge in [0.15, 0.2) is 0 Å². The van der Waals surface area contributed by atoms with Crippen LogP contribution in [0.4, 0.5) is 18.9 Å². The van der Waals surface area contributed by atoms with Crippen molar-refractivity contribution in [2.45, 2.75) is 19.0 Å². The third kappa shape index (κ3) is 5.07. The van der Waals surface area contributed by atoms with Crippen LogP contribution in [0.2, 0.25) is 0 Å². The fourth-order valence-corrected chi connectivity index (χ4v) is 1.38. The molecule has 0 bridgehead atoms. The quantitative estimate of drug-likeness (QED) is 0.510. The summed E-state index contributed by atoms with van der Waals surface area (Å²) in [6, 6.07) is 4.21. The van der Waals surface area contributed by atoms with Gasteiger partial charge in [0, 0.05) is 6.42 Å². The molecular formula is C12H14F3NO3. The molecule has 1 aromatic carbocycles. The van der Waals surface area contributed by atoms with Crippen LogP contribution in [0.5, 0.6) is 5.75 Å². The van der Waals surface area contributed by atoms with E-state index < -0.39 is 18.6 Å². The molecule has 0 saturated heterocycles. The number of hydrogen-bond donors (Lipinski definition) is 1. The van der Waals surface area contributed by atoms with Crippen molar-refractivity contribution >= 4 is 11.7 Å². The summed E-state index contributed by atoms with van der Waals surface area (Å²) in [5, 5.41) is 0. The van der Waals surface area contributed by atoms with Gasteiger partial charge in [-0.2, -0.15) is 13.2 Å². The van der Waals surface area contributed by atoms with Gasteiger partial charge in [-0.15, -0.1) is 0 Å². The molecule has 0 amide bonds. The van der Waals surface area contributed by atoms with Gasteiger partial charge in [-0.25, -0.2) is 4.79 Å². The monoisotopic (exact) mass is 277 g/mol. The van der Waals surface area contributed by atoms with Gasteiger partial charge in [-0.1, -0.05) is 0 Å². The number of carbonyl (C=O) groups excluding carboxylic acids is 1. The van der Waals surface area contributed by atoms with Gasteiger partial charge in [0.2, 0.25) is 0 Å². The van der Waals surface area contributed by atoms with Crippen molar-refractivity contribution in [1.29, 1.82) is 0 Å². The highest BCUT2D eigenvalue weighted by atomic mass is 19.4. The zero-order chi connectivity index (χ0) is 14.5. The van der Waals surface area contributed by atoms with E-state index in [1.165, 1.54) is 25.3 Å². The third-order valence-electron chi connectivity index (χ3n) is 2.29. The van der Waals surface area contributed by atoms with Crippen molar-refractivity contribution < 1.29 is 27.4 Å². The molecule has 0 radical (unpaired) electrons. The first-order valence-corrected chi connectivity index (χ1v) is 5.51. The van der Waals surface area contributed by atoms with Crippen LogP contribution in [0.15, 0.2) is 18.2 Å². The molecule has 2 N–H and O–H groups in total. The summed E-state index contributed by atoms with van der Waals surface area (Å²) < 4.78 is 45.4. The van der Waals surface area contributed by atoms with Crippen molar-refractivity contribution in [2.75, 3.05) is 19.5 Å². The van der Waals surface area contributed by atoms with Crippen molar-refractivity contribution in [1.82, 2.24) is 0 Å². The number of esters is 1. The lowest BCUT2D eigenvalue weighted by molar-refractivity contribution is -0.136. The molecule has 7 heteroatoms. The Bertz CT molecular complexity index is 446. The molecule has 0 aromatic heterocycles. The van der Waals surface area contributed by atoms with Crippen LogP contribution in [-0.2, 0) is 4.74 Å². The molecule has 0 aliphatic rings. The van der Waals surface area contributed by atoms with E-state index >= 15 is 0 Å². The zero-order valence-electron chi connectivity index (χ0n) is 10.3. The second-order valence-electron chi connectivity index (χ2n) is 3.81. The molecule has 19 heavy (non-hydrogen) atoms. The summed E-state index contributed by atoms with van der Waals surface area (Å²) >= 11 is 0. The van der Waals surface area contributed by atoms with E-state index in [9.17, 15) is 18.0 Å². The number of nitrogen functional groups attached to an aromatic ring is 1. The van der Waals surface area contributed by atoms with Crippen LogP contribution < -0.4 is 10.5 Å². The Morgan fingerprint density at radius 1 is 1.37 bits per heavy atom. The van der Waals surface area contributed by atoms with E-state index in [1.54, 1.807) is 0 Å². The molecule has 106 valence electrons. The topological polar surface area (TPSA) is 61.5 Å². The number of methoxy groups -OCH3 is 1. The normalized spacial score (nSPS) is 11.2. The highest BCUT2D eigenvalue weighted by molar-refractivity contribution is 5.90. The largest absolute Gasteiger partial charge is 0.491 e. The van der Waals surface area contributed by atoms with Gasteiger partial charge in [0.05, 0.1) is 25.0 Å². The predicted molar refractivity (Wildman–Crippen MR) is 63.0 cm³/mol. The second-order valence-corrected chi connectivity index (χ2v) is 3.81. The first-order chi connectivity index (χ1) is 8.83. The maximum absolute atomic E-state index is 11.9. The predicted octanol–water partition coefficient (Wildman–Crippen LogP) is 2.78. The van der Waals surface area contributed by atoms with Crippen LogP contribution in [0.25, 0.3) is 0 Å². The molecule has 0 heterocycles. The second kappa shape index (κ2) is 6.31. The third-order valence-corrected chi connectivity index (χ3v) is 2.29. The summed E-state index contributed by atoms with van der Waals surface area (Å²) in [7, 11) is 1.24. The minimum Gasteiger partial charge on any atom is -0.491 e. The van der Waals surface area contributed by atoms with Crippen molar-refractivity contribution in [3.8, 4) is 5.75 Å². The summed E-state index contributed by atoms with van der Waals surface area (Å²) in [5.41, 5.74) is 6.06. The Morgan fingerprint density at radius 2 is 2.05 bits per heavy atom. The summed E-state index contributed by atoms with van der Waals surface area (Å²) in [6.07, 6.45) is -5.25. The Hall–Kier alpha value is -1.92. The van der Waals surface area contributed by atoms with Crippen LogP contribution in [0, 0.1) is 0 Å². The molecule has 1 rings (SSSR count). The molecule has 0 aliphatic heterocycles. The zero-order valence-corrected chi connectivity index (χ0v) is 10.3. The fraction of sp³-hybridized carbons (Fsp3) is 0.417. The van der Waals surface area contributed by atoms with Gasteiger partial charge in [-0.3, -0.25) is 0 Å². The lowest BCUT2D eigenvalue weighted by Crippen LogP contribution is -2.10. The van der Waals surface area contributed by atoms with Crippen LogP contribution in [0.3, 0.4) is 0 Å². The Balaban J connectivity index is 2.54. The molecule has 0 fully saturated rings. The summed E-state index contributed by atoms with van der Waals surface area (Å²) in [4.78, 5) is 11.2. The van der Waals surface area contributed by atoms with E-state index in [2.05, 4.69) is 4.74 Å². The van der Waals surface area contributed by atoms with Crippen molar-refractivity contribution in [2.24, 2.45) is 0 Å². The molecule has 0 atom stereocenters. The first kappa shape index (κ1) is 15.1. The number of alkyl halides is 3. The highest BCUT2D eigenvalue weighted by Gasteiger charge is 2.26. The smallest absolute Gasteiger partial charge is 0.389 e. The van der Waals surface area contributed by atoms with Gasteiger partial charge in [0.25, 0.3) is 0 Å².